The molecular weight excluding hydrogens is 444 g/mol. The van der Waals surface area contributed by atoms with Crippen LogP contribution in [0.25, 0.3) is 0 Å². The number of nitrogens with one attached hydrogen (secondary N) is 2. The number of benzene rings is 1. The molecule has 13 heteroatoms. The molecule has 0 spiro atoms. The fraction of sp³-hybridized carbons (Fsp3) is 0.316. The molecule has 32 heavy (non-hydrogen) atoms. The first kappa shape index (κ1) is 24.5. The van der Waals surface area contributed by atoms with E-state index in [1.807, 2.05) is 5.32 Å². The lowest BCUT2D eigenvalue weighted by Gasteiger charge is -2.29. The zero-order valence-electron chi connectivity index (χ0n) is 16.7. The molecule has 12 nitrogen and oxygen atoms in total. The Hall–Kier alpha value is -3.74. The first-order valence-electron chi connectivity index (χ1n) is 9.32. The molecule has 0 atom stereocenters. The summed E-state index contributed by atoms with van der Waals surface area (Å²) >= 11 is 0.651. The molecule has 0 aliphatic carbocycles. The first-order chi connectivity index (χ1) is 15.2. The molecule has 3 N–H and O–H groups in total. The van der Waals surface area contributed by atoms with E-state index in [-0.39, 0.29) is 12.8 Å². The standard InChI is InChI=1S/C19H20N4O8S/c24-13(21-9-18(29)30)8-20-14(25)10-22(23-15(26)6-7-16(23)27)17(28)11-32-19(31)12-4-2-1-3-5-12/h1-5H,6-11H2,(H,20,25)(H,21,24)(H,29,30). The number of hydrogen-bond donors (Lipinski definition) is 3. The average Bonchev–Trinajstić information content (AvgIpc) is 3.11. The number of carbonyl (C=O) groups is 7. The Balaban J connectivity index is 2.00. The highest BCUT2D eigenvalue weighted by atomic mass is 32.2. The van der Waals surface area contributed by atoms with Gasteiger partial charge in [-0.2, -0.15) is 5.01 Å². The Kier molecular flexibility index (Phi) is 8.89. The van der Waals surface area contributed by atoms with Gasteiger partial charge < -0.3 is 15.7 Å². The number of thioether (sulfide) groups is 1. The number of nitrogens with zero attached hydrogens (tertiary/aromatic N) is 2. The minimum absolute atomic E-state index is 0.127. The fourth-order valence-corrected chi connectivity index (χ4v) is 3.28. The maximum Gasteiger partial charge on any atom is 0.322 e. The largest absolute Gasteiger partial charge is 0.480 e. The number of carboxylic acids is 1. The van der Waals surface area contributed by atoms with Crippen molar-refractivity contribution in [2.75, 3.05) is 25.4 Å². The van der Waals surface area contributed by atoms with Crippen molar-refractivity contribution in [1.82, 2.24) is 20.7 Å². The molecule has 0 unspecified atom stereocenters. The van der Waals surface area contributed by atoms with E-state index in [1.165, 1.54) is 0 Å². The van der Waals surface area contributed by atoms with Crippen LogP contribution in [0, 0.1) is 0 Å². The van der Waals surface area contributed by atoms with Gasteiger partial charge in [0.2, 0.25) is 28.7 Å². The van der Waals surface area contributed by atoms with Crippen LogP contribution in [0.3, 0.4) is 0 Å². The smallest absolute Gasteiger partial charge is 0.322 e. The average molecular weight is 464 g/mol. The minimum atomic E-state index is -1.27. The van der Waals surface area contributed by atoms with Crippen LogP contribution in [0.5, 0.6) is 0 Å². The van der Waals surface area contributed by atoms with Gasteiger partial charge in [0, 0.05) is 18.4 Å². The van der Waals surface area contributed by atoms with Crippen molar-refractivity contribution in [2.24, 2.45) is 0 Å². The van der Waals surface area contributed by atoms with Gasteiger partial charge in [-0.15, -0.1) is 0 Å². The Morgan fingerprint density at radius 3 is 2.12 bits per heavy atom. The van der Waals surface area contributed by atoms with E-state index >= 15 is 0 Å². The Morgan fingerprint density at radius 2 is 1.53 bits per heavy atom. The van der Waals surface area contributed by atoms with Gasteiger partial charge in [-0.25, -0.2) is 5.01 Å². The fourth-order valence-electron chi connectivity index (χ4n) is 2.57. The third kappa shape index (κ3) is 7.19. The molecule has 1 aliphatic heterocycles. The van der Waals surface area contributed by atoms with Crippen LogP contribution < -0.4 is 10.6 Å². The molecular formula is C19H20N4O8S. The number of hydrazine groups is 1. The predicted octanol–water partition coefficient (Wildman–Crippen LogP) is -1.23. The van der Waals surface area contributed by atoms with Crippen LogP contribution in [0.1, 0.15) is 23.2 Å². The number of hydrogen-bond acceptors (Lipinski definition) is 8. The topological polar surface area (TPSA) is 170 Å². The van der Waals surface area contributed by atoms with E-state index < -0.39 is 66.0 Å². The lowest BCUT2D eigenvalue weighted by Crippen LogP contribution is -2.54. The summed E-state index contributed by atoms with van der Waals surface area (Å²) in [7, 11) is 0. The van der Waals surface area contributed by atoms with Gasteiger partial charge in [0.05, 0.1) is 12.3 Å². The quantitative estimate of drug-likeness (QED) is 0.359. The van der Waals surface area contributed by atoms with Gasteiger partial charge in [0.25, 0.3) is 5.91 Å². The molecule has 2 rings (SSSR count). The number of rotatable bonds is 10. The van der Waals surface area contributed by atoms with Gasteiger partial charge in [-0.1, -0.05) is 42.1 Å². The second kappa shape index (κ2) is 11.6. The normalized spacial score (nSPS) is 12.9. The van der Waals surface area contributed by atoms with E-state index in [9.17, 15) is 33.6 Å². The second-order valence-corrected chi connectivity index (χ2v) is 7.39. The van der Waals surface area contributed by atoms with Crippen LogP contribution in [-0.4, -0.2) is 81.1 Å². The van der Waals surface area contributed by atoms with Gasteiger partial charge in [0.15, 0.2) is 0 Å². The maximum absolute atomic E-state index is 12.7. The van der Waals surface area contributed by atoms with Gasteiger partial charge >= 0.3 is 5.97 Å². The molecule has 0 aromatic heterocycles. The monoisotopic (exact) mass is 464 g/mol. The summed E-state index contributed by atoms with van der Waals surface area (Å²) in [6.07, 6.45) is -0.254. The van der Waals surface area contributed by atoms with Gasteiger partial charge in [-0.05, 0) is 0 Å². The van der Waals surface area contributed by atoms with Crippen molar-refractivity contribution in [3.05, 3.63) is 35.9 Å². The molecule has 5 amide bonds. The highest BCUT2D eigenvalue weighted by Gasteiger charge is 2.37. The number of imide groups is 1. The molecule has 0 bridgehead atoms. The van der Waals surface area contributed by atoms with E-state index in [1.54, 1.807) is 30.3 Å². The van der Waals surface area contributed by atoms with Crippen molar-refractivity contribution >= 4 is 52.4 Å². The molecule has 1 fully saturated rings. The van der Waals surface area contributed by atoms with Crippen LogP contribution >= 0.6 is 11.8 Å². The van der Waals surface area contributed by atoms with E-state index in [0.29, 0.717) is 27.3 Å². The lowest BCUT2D eigenvalue weighted by molar-refractivity contribution is -0.168. The summed E-state index contributed by atoms with van der Waals surface area (Å²) in [6.45, 7) is -1.96. The summed E-state index contributed by atoms with van der Waals surface area (Å²) in [4.78, 5) is 83.2. The zero-order valence-corrected chi connectivity index (χ0v) is 17.6. The van der Waals surface area contributed by atoms with Crippen molar-refractivity contribution in [1.29, 1.82) is 0 Å². The zero-order chi connectivity index (χ0) is 23.7. The van der Waals surface area contributed by atoms with Crippen LogP contribution in [0.15, 0.2) is 30.3 Å². The first-order valence-corrected chi connectivity index (χ1v) is 10.3. The van der Waals surface area contributed by atoms with Crippen LogP contribution in [0.4, 0.5) is 0 Å². The van der Waals surface area contributed by atoms with Crippen LogP contribution in [-0.2, 0) is 28.8 Å². The number of carboxylic acid groups (broad SMARTS) is 1. The number of carbonyl (C=O) groups excluding carboxylic acids is 6. The minimum Gasteiger partial charge on any atom is -0.480 e. The van der Waals surface area contributed by atoms with Crippen LogP contribution in [0.2, 0.25) is 0 Å². The summed E-state index contributed by atoms with van der Waals surface area (Å²) in [6, 6.07) is 8.16. The number of amides is 5. The van der Waals surface area contributed by atoms with Crippen molar-refractivity contribution in [3.8, 4) is 0 Å². The van der Waals surface area contributed by atoms with Crippen molar-refractivity contribution in [3.63, 3.8) is 0 Å². The third-order valence-corrected chi connectivity index (χ3v) is 4.96. The number of aliphatic carboxylic acids is 1. The molecule has 0 radical (unpaired) electrons. The molecule has 1 aliphatic rings. The summed E-state index contributed by atoms with van der Waals surface area (Å²) in [5.74, 6) is -5.52. The van der Waals surface area contributed by atoms with E-state index in [2.05, 4.69) is 5.32 Å². The van der Waals surface area contributed by atoms with Gasteiger partial charge in [0.1, 0.15) is 13.1 Å². The molecule has 1 heterocycles. The Morgan fingerprint density at radius 1 is 0.938 bits per heavy atom. The highest BCUT2D eigenvalue weighted by molar-refractivity contribution is 8.14. The van der Waals surface area contributed by atoms with Gasteiger partial charge in [-0.3, -0.25) is 33.6 Å². The predicted molar refractivity (Wildman–Crippen MR) is 110 cm³/mol. The molecule has 170 valence electrons. The maximum atomic E-state index is 12.7. The Bertz CT molecular complexity index is 921. The van der Waals surface area contributed by atoms with E-state index in [4.69, 9.17) is 5.11 Å². The summed E-state index contributed by atoms with van der Waals surface area (Å²) in [5.41, 5.74) is 0.357. The molecule has 1 saturated heterocycles. The van der Waals surface area contributed by atoms with E-state index in [0.717, 1.165) is 0 Å². The molecule has 0 saturated carbocycles. The van der Waals surface area contributed by atoms with Crippen molar-refractivity contribution < 1.29 is 38.7 Å². The third-order valence-electron chi connectivity index (χ3n) is 4.07. The molecule has 1 aromatic carbocycles. The SMILES string of the molecule is O=C(O)CNC(=O)CNC(=O)CN(C(=O)CSC(=O)c1ccccc1)N1C(=O)CCC1=O. The Labute approximate surface area is 186 Å². The molecule has 1 aromatic rings. The second-order valence-electron chi connectivity index (χ2n) is 6.44. The summed E-state index contributed by atoms with van der Waals surface area (Å²) < 4.78 is 0. The highest BCUT2D eigenvalue weighted by Crippen LogP contribution is 2.18. The summed E-state index contributed by atoms with van der Waals surface area (Å²) in [5, 5.41) is 13.5. The lowest BCUT2D eigenvalue weighted by atomic mass is 10.2. The van der Waals surface area contributed by atoms with Crippen molar-refractivity contribution in [2.45, 2.75) is 12.8 Å².